The molecular weight excluding hydrogens is 336 g/mol. The molecule has 0 amide bonds. The molecule has 0 heterocycles. The molecule has 0 saturated carbocycles. The summed E-state index contributed by atoms with van der Waals surface area (Å²) >= 11 is 0. The number of carbonyl (C=O) groups is 2. The maximum absolute atomic E-state index is 10.1. The van der Waals surface area contributed by atoms with Crippen molar-refractivity contribution >= 4 is 33.5 Å². The van der Waals surface area contributed by atoms with E-state index in [0.29, 0.717) is 26.4 Å². The van der Waals surface area contributed by atoms with Crippen molar-refractivity contribution in [2.24, 2.45) is 0 Å². The first kappa shape index (κ1) is 21.5. The second kappa shape index (κ2) is 16.8. The highest BCUT2D eigenvalue weighted by molar-refractivity contribution is 8.76. The Bertz CT molecular complexity index is 262. The summed E-state index contributed by atoms with van der Waals surface area (Å²) in [6.07, 6.45) is 0. The highest BCUT2D eigenvalue weighted by Crippen LogP contribution is 2.20. The number of hydrogen-bond acceptors (Lipinski definition) is 8. The standard InChI is InChI=1S/C12H22O8S2/c13-11(14)9-19-3-1-17-5-7-21-22-8-6-18-2-4-20-10-12(15)16/h1-10H2,(H,13,14)(H,15,16). The van der Waals surface area contributed by atoms with E-state index in [4.69, 9.17) is 29.2 Å². The van der Waals surface area contributed by atoms with Crippen molar-refractivity contribution in [3.63, 3.8) is 0 Å². The van der Waals surface area contributed by atoms with Gasteiger partial charge in [-0.1, -0.05) is 21.6 Å². The molecule has 0 saturated heterocycles. The van der Waals surface area contributed by atoms with E-state index in [2.05, 4.69) is 0 Å². The van der Waals surface area contributed by atoms with Gasteiger partial charge >= 0.3 is 11.9 Å². The van der Waals surface area contributed by atoms with Gasteiger partial charge in [0.15, 0.2) is 0 Å². The fraction of sp³-hybridized carbons (Fsp3) is 0.833. The number of carboxylic acid groups (broad SMARTS) is 2. The Labute approximate surface area is 137 Å². The lowest BCUT2D eigenvalue weighted by Gasteiger charge is -2.05. The molecule has 22 heavy (non-hydrogen) atoms. The topological polar surface area (TPSA) is 112 Å². The van der Waals surface area contributed by atoms with Crippen molar-refractivity contribution in [2.45, 2.75) is 0 Å². The van der Waals surface area contributed by atoms with Crippen LogP contribution in [0.2, 0.25) is 0 Å². The summed E-state index contributed by atoms with van der Waals surface area (Å²) in [5.41, 5.74) is 0. The van der Waals surface area contributed by atoms with E-state index in [1.807, 2.05) is 0 Å². The summed E-state index contributed by atoms with van der Waals surface area (Å²) in [6.45, 7) is 1.90. The van der Waals surface area contributed by atoms with Gasteiger partial charge in [0.25, 0.3) is 0 Å². The van der Waals surface area contributed by atoms with Gasteiger partial charge in [-0.3, -0.25) is 0 Å². The lowest BCUT2D eigenvalue weighted by molar-refractivity contribution is -0.143. The predicted molar refractivity (Wildman–Crippen MR) is 83.5 cm³/mol. The zero-order valence-electron chi connectivity index (χ0n) is 12.2. The van der Waals surface area contributed by atoms with Crippen LogP contribution in [0.25, 0.3) is 0 Å². The van der Waals surface area contributed by atoms with Crippen LogP contribution in [0.4, 0.5) is 0 Å². The van der Waals surface area contributed by atoms with E-state index < -0.39 is 11.9 Å². The largest absolute Gasteiger partial charge is 0.480 e. The van der Waals surface area contributed by atoms with Crippen LogP contribution >= 0.6 is 21.6 Å². The molecule has 0 aromatic carbocycles. The Morgan fingerprint density at radius 1 is 0.636 bits per heavy atom. The molecule has 0 fully saturated rings. The maximum Gasteiger partial charge on any atom is 0.329 e. The Morgan fingerprint density at radius 2 is 1.00 bits per heavy atom. The van der Waals surface area contributed by atoms with Crippen LogP contribution in [0.3, 0.4) is 0 Å². The molecule has 0 aliphatic rings. The van der Waals surface area contributed by atoms with Gasteiger partial charge in [-0.05, 0) is 0 Å². The molecule has 0 atom stereocenters. The Hall–Kier alpha value is -0.520. The average molecular weight is 358 g/mol. The molecule has 2 N–H and O–H groups in total. The Kier molecular flexibility index (Phi) is 16.4. The molecular formula is C12H22O8S2. The van der Waals surface area contributed by atoms with E-state index in [1.54, 1.807) is 21.6 Å². The van der Waals surface area contributed by atoms with Gasteiger partial charge in [-0.25, -0.2) is 9.59 Å². The van der Waals surface area contributed by atoms with Crippen LogP contribution in [-0.2, 0) is 28.5 Å². The summed E-state index contributed by atoms with van der Waals surface area (Å²) in [5.74, 6) is -0.318. The fourth-order valence-electron chi connectivity index (χ4n) is 1.06. The maximum atomic E-state index is 10.1. The predicted octanol–water partition coefficient (Wildman–Crippen LogP) is 0.603. The quantitative estimate of drug-likeness (QED) is 0.283. The molecule has 0 radical (unpaired) electrons. The minimum atomic E-state index is -0.984. The van der Waals surface area contributed by atoms with Crippen molar-refractivity contribution in [1.29, 1.82) is 0 Å². The summed E-state index contributed by atoms with van der Waals surface area (Å²) in [4.78, 5) is 20.3. The molecule has 0 aromatic heterocycles. The molecule has 8 nitrogen and oxygen atoms in total. The number of hydrogen-bond donors (Lipinski definition) is 2. The fourth-order valence-corrected chi connectivity index (χ4v) is 2.79. The van der Waals surface area contributed by atoms with Crippen LogP contribution < -0.4 is 0 Å². The first-order chi connectivity index (χ1) is 10.6. The van der Waals surface area contributed by atoms with Gasteiger partial charge in [0.1, 0.15) is 13.2 Å². The smallest absolute Gasteiger partial charge is 0.329 e. The van der Waals surface area contributed by atoms with Gasteiger partial charge in [-0.15, -0.1) is 0 Å². The molecule has 10 heteroatoms. The van der Waals surface area contributed by atoms with Gasteiger partial charge in [0.2, 0.25) is 0 Å². The molecule has 0 unspecified atom stereocenters. The van der Waals surface area contributed by atoms with Gasteiger partial charge < -0.3 is 29.2 Å². The van der Waals surface area contributed by atoms with Crippen LogP contribution in [0.5, 0.6) is 0 Å². The van der Waals surface area contributed by atoms with Crippen molar-refractivity contribution in [3.8, 4) is 0 Å². The Morgan fingerprint density at radius 3 is 1.36 bits per heavy atom. The number of aliphatic carboxylic acids is 2. The minimum Gasteiger partial charge on any atom is -0.480 e. The van der Waals surface area contributed by atoms with Crippen LogP contribution in [0, 0.1) is 0 Å². The zero-order chi connectivity index (χ0) is 16.5. The lowest BCUT2D eigenvalue weighted by atomic mass is 10.7. The van der Waals surface area contributed by atoms with Crippen LogP contribution in [-0.4, -0.2) is 86.5 Å². The van der Waals surface area contributed by atoms with E-state index in [0.717, 1.165) is 11.5 Å². The second-order valence-electron chi connectivity index (χ2n) is 3.76. The van der Waals surface area contributed by atoms with E-state index in [-0.39, 0.29) is 26.4 Å². The monoisotopic (exact) mass is 358 g/mol. The zero-order valence-corrected chi connectivity index (χ0v) is 13.9. The third-order valence-corrected chi connectivity index (χ3v) is 4.23. The molecule has 0 aliphatic heterocycles. The highest BCUT2D eigenvalue weighted by atomic mass is 33.1. The molecule has 130 valence electrons. The third-order valence-electron chi connectivity index (χ3n) is 1.90. The highest BCUT2D eigenvalue weighted by Gasteiger charge is 1.97. The second-order valence-corrected chi connectivity index (χ2v) is 6.46. The summed E-state index contributed by atoms with van der Waals surface area (Å²) in [7, 11) is 3.32. The summed E-state index contributed by atoms with van der Waals surface area (Å²) < 4.78 is 20.1. The molecule has 0 aromatic rings. The Balaban J connectivity index is 2.99. The summed E-state index contributed by atoms with van der Waals surface area (Å²) in [6, 6.07) is 0. The normalized spacial score (nSPS) is 10.7. The average Bonchev–Trinajstić information content (AvgIpc) is 2.46. The lowest BCUT2D eigenvalue weighted by Crippen LogP contribution is -2.12. The third kappa shape index (κ3) is 19.5. The van der Waals surface area contributed by atoms with Gasteiger partial charge in [-0.2, -0.15) is 0 Å². The van der Waals surface area contributed by atoms with Crippen LogP contribution in [0.15, 0.2) is 0 Å². The van der Waals surface area contributed by atoms with Crippen molar-refractivity contribution in [3.05, 3.63) is 0 Å². The van der Waals surface area contributed by atoms with E-state index in [9.17, 15) is 9.59 Å². The summed E-state index contributed by atoms with van der Waals surface area (Å²) in [5, 5.41) is 16.7. The first-order valence-corrected chi connectivity index (χ1v) is 9.10. The number of ether oxygens (including phenoxy) is 4. The van der Waals surface area contributed by atoms with Gasteiger partial charge in [0.05, 0.1) is 39.6 Å². The molecule has 0 aliphatic carbocycles. The SMILES string of the molecule is O=C(O)COCCOCCSSCCOCCOCC(=O)O. The van der Waals surface area contributed by atoms with E-state index in [1.165, 1.54) is 0 Å². The first-order valence-electron chi connectivity index (χ1n) is 6.62. The van der Waals surface area contributed by atoms with Crippen LogP contribution in [0.1, 0.15) is 0 Å². The van der Waals surface area contributed by atoms with E-state index >= 15 is 0 Å². The van der Waals surface area contributed by atoms with Crippen molar-refractivity contribution < 1.29 is 38.7 Å². The van der Waals surface area contributed by atoms with Crippen molar-refractivity contribution in [2.75, 3.05) is 64.4 Å². The van der Waals surface area contributed by atoms with Crippen molar-refractivity contribution in [1.82, 2.24) is 0 Å². The number of rotatable bonds is 17. The minimum absolute atomic E-state index is 0.280. The molecule has 0 rings (SSSR count). The van der Waals surface area contributed by atoms with Gasteiger partial charge in [0, 0.05) is 11.5 Å². The number of carboxylic acids is 2. The molecule has 0 bridgehead atoms. The molecule has 0 spiro atoms.